The number of unbranched alkanes of at least 4 members (excludes halogenated alkanes) is 1. The summed E-state index contributed by atoms with van der Waals surface area (Å²) in [5.41, 5.74) is 2.56. The van der Waals surface area contributed by atoms with E-state index in [1.807, 2.05) is 6.92 Å². The number of imidazole rings is 1. The summed E-state index contributed by atoms with van der Waals surface area (Å²) in [6.07, 6.45) is 4.92. The molecular formula is C19H20N4O4. The molecule has 0 unspecified atom stereocenters. The number of allylic oxidation sites excluding steroid dienone is 1. The first kappa shape index (κ1) is 18.5. The molecule has 27 heavy (non-hydrogen) atoms. The highest BCUT2D eigenvalue weighted by molar-refractivity contribution is 6.15. The molecule has 0 radical (unpaired) electrons. The van der Waals surface area contributed by atoms with Gasteiger partial charge in [-0.15, -0.1) is 0 Å². The van der Waals surface area contributed by atoms with Gasteiger partial charge in [0.15, 0.2) is 5.78 Å². The fourth-order valence-electron chi connectivity index (χ4n) is 3.16. The predicted molar refractivity (Wildman–Crippen MR) is 101 cm³/mol. The van der Waals surface area contributed by atoms with Crippen LogP contribution in [-0.4, -0.2) is 26.2 Å². The Morgan fingerprint density at radius 2 is 2.22 bits per heavy atom. The number of hydrogen-bond donors (Lipinski definition) is 1. The van der Waals surface area contributed by atoms with Crippen LogP contribution in [0.25, 0.3) is 6.08 Å². The van der Waals surface area contributed by atoms with Gasteiger partial charge < -0.3 is 15.4 Å². The number of benzene rings is 1. The molecule has 1 aromatic heterocycles. The average molecular weight is 368 g/mol. The van der Waals surface area contributed by atoms with Crippen molar-refractivity contribution in [2.45, 2.75) is 39.7 Å². The Labute approximate surface area is 156 Å². The number of carbonyl (C=O) groups is 2. The smallest absolute Gasteiger partial charge is 0.343 e. The Morgan fingerprint density at radius 3 is 2.89 bits per heavy atom. The Kier molecular flexibility index (Phi) is 5.16. The van der Waals surface area contributed by atoms with Crippen LogP contribution in [0.15, 0.2) is 30.0 Å². The van der Waals surface area contributed by atoms with Gasteiger partial charge in [-0.2, -0.15) is 0 Å². The summed E-state index contributed by atoms with van der Waals surface area (Å²) in [5, 5.41) is 13.9. The summed E-state index contributed by atoms with van der Waals surface area (Å²) >= 11 is 0. The molecule has 0 saturated heterocycles. The summed E-state index contributed by atoms with van der Waals surface area (Å²) in [6, 6.07) is 5.16. The summed E-state index contributed by atoms with van der Waals surface area (Å²) in [7, 11) is 0. The van der Waals surface area contributed by atoms with Crippen LogP contribution < -0.4 is 5.32 Å². The van der Waals surface area contributed by atoms with Gasteiger partial charge in [-0.25, -0.2) is 9.55 Å². The van der Waals surface area contributed by atoms with Crippen molar-refractivity contribution in [1.82, 2.24) is 9.55 Å². The second-order valence-corrected chi connectivity index (χ2v) is 6.47. The van der Waals surface area contributed by atoms with Crippen LogP contribution in [-0.2, 0) is 17.8 Å². The summed E-state index contributed by atoms with van der Waals surface area (Å²) < 4.78 is 1.54. The molecule has 140 valence electrons. The first-order valence-electron chi connectivity index (χ1n) is 8.76. The predicted octanol–water partition coefficient (Wildman–Crippen LogP) is 3.37. The van der Waals surface area contributed by atoms with Crippen molar-refractivity contribution in [3.8, 4) is 0 Å². The Balaban J connectivity index is 1.93. The van der Waals surface area contributed by atoms with E-state index in [4.69, 9.17) is 0 Å². The maximum Gasteiger partial charge on any atom is 0.343 e. The number of fused-ring (bicyclic) bond motifs is 1. The van der Waals surface area contributed by atoms with E-state index in [0.717, 1.165) is 18.4 Å². The Hall–Kier alpha value is -3.29. The van der Waals surface area contributed by atoms with Gasteiger partial charge in [0.25, 0.3) is 0 Å². The zero-order valence-electron chi connectivity index (χ0n) is 15.2. The molecule has 0 aliphatic heterocycles. The van der Waals surface area contributed by atoms with Crippen LogP contribution in [0.4, 0.5) is 11.5 Å². The van der Waals surface area contributed by atoms with Gasteiger partial charge in [0.1, 0.15) is 6.20 Å². The van der Waals surface area contributed by atoms with E-state index in [0.29, 0.717) is 35.6 Å². The molecule has 1 aliphatic rings. The van der Waals surface area contributed by atoms with Crippen molar-refractivity contribution in [2.24, 2.45) is 0 Å². The number of Topliss-reactive ketones (excluding diaryl/α,β-unsaturated/α-hetero) is 1. The third-order valence-corrected chi connectivity index (χ3v) is 4.43. The normalized spacial score (nSPS) is 14.4. The second kappa shape index (κ2) is 7.53. The number of aromatic nitrogens is 2. The SMILES string of the molecule is CCCCn1c([N+](=O)[O-])cnc1C=C1Cc2cc(NC(C)=O)ccc2C1=O. The maximum absolute atomic E-state index is 12.7. The first-order valence-corrected chi connectivity index (χ1v) is 8.76. The molecule has 8 nitrogen and oxygen atoms in total. The zero-order chi connectivity index (χ0) is 19.6. The van der Waals surface area contributed by atoms with E-state index in [1.165, 1.54) is 17.7 Å². The molecule has 3 rings (SSSR count). The van der Waals surface area contributed by atoms with Crippen LogP contribution >= 0.6 is 0 Å². The van der Waals surface area contributed by atoms with Crippen LogP contribution in [0.5, 0.6) is 0 Å². The fourth-order valence-corrected chi connectivity index (χ4v) is 3.16. The molecule has 0 atom stereocenters. The zero-order valence-corrected chi connectivity index (χ0v) is 15.2. The van der Waals surface area contributed by atoms with Crippen LogP contribution in [0, 0.1) is 10.1 Å². The molecule has 8 heteroatoms. The molecule has 1 amide bonds. The minimum atomic E-state index is -0.463. The van der Waals surface area contributed by atoms with Gasteiger partial charge in [0.05, 0.1) is 6.54 Å². The average Bonchev–Trinajstić information content (AvgIpc) is 3.14. The monoisotopic (exact) mass is 368 g/mol. The van der Waals surface area contributed by atoms with Crippen molar-refractivity contribution in [3.05, 3.63) is 57.0 Å². The van der Waals surface area contributed by atoms with E-state index in [-0.39, 0.29) is 17.5 Å². The molecule has 1 N–H and O–H groups in total. The quantitative estimate of drug-likeness (QED) is 0.478. The van der Waals surface area contributed by atoms with Crippen LogP contribution in [0.2, 0.25) is 0 Å². The molecular weight excluding hydrogens is 348 g/mol. The summed E-state index contributed by atoms with van der Waals surface area (Å²) in [4.78, 5) is 38.8. The second-order valence-electron chi connectivity index (χ2n) is 6.47. The molecule has 0 spiro atoms. The summed E-state index contributed by atoms with van der Waals surface area (Å²) in [6.45, 7) is 3.90. The fraction of sp³-hybridized carbons (Fsp3) is 0.316. The molecule has 0 bridgehead atoms. The topological polar surface area (TPSA) is 107 Å². The highest BCUT2D eigenvalue weighted by atomic mass is 16.6. The third kappa shape index (κ3) is 3.79. The number of anilines is 1. The van der Waals surface area contributed by atoms with Crippen molar-refractivity contribution in [3.63, 3.8) is 0 Å². The molecule has 2 aromatic rings. The molecule has 0 fully saturated rings. The van der Waals surface area contributed by atoms with Crippen molar-refractivity contribution < 1.29 is 14.5 Å². The molecule has 0 saturated carbocycles. The number of nitrogens with zero attached hydrogens (tertiary/aromatic N) is 3. The lowest BCUT2D eigenvalue weighted by atomic mass is 10.1. The first-order chi connectivity index (χ1) is 12.9. The minimum Gasteiger partial charge on any atom is -0.358 e. The number of ketones is 1. The van der Waals surface area contributed by atoms with Gasteiger partial charge >= 0.3 is 5.82 Å². The van der Waals surface area contributed by atoms with E-state index < -0.39 is 4.92 Å². The summed E-state index contributed by atoms with van der Waals surface area (Å²) in [5.74, 6) is 0.0342. The number of nitrogens with one attached hydrogen (secondary N) is 1. The molecule has 1 aromatic carbocycles. The van der Waals surface area contributed by atoms with Gasteiger partial charge in [0, 0.05) is 36.2 Å². The lowest BCUT2D eigenvalue weighted by molar-refractivity contribution is -0.392. The highest BCUT2D eigenvalue weighted by Crippen LogP contribution is 2.30. The van der Waals surface area contributed by atoms with Gasteiger partial charge in [-0.05, 0) is 35.1 Å². The van der Waals surface area contributed by atoms with Crippen molar-refractivity contribution in [2.75, 3.05) is 5.32 Å². The Morgan fingerprint density at radius 1 is 1.44 bits per heavy atom. The van der Waals surface area contributed by atoms with Gasteiger partial charge in [-0.1, -0.05) is 13.3 Å². The van der Waals surface area contributed by atoms with E-state index in [9.17, 15) is 19.7 Å². The molecule has 1 heterocycles. The minimum absolute atomic E-state index is 0.0776. The number of amides is 1. The van der Waals surface area contributed by atoms with Crippen molar-refractivity contribution in [1.29, 1.82) is 0 Å². The number of carbonyl (C=O) groups excluding carboxylic acids is 2. The standard InChI is InChI=1S/C19H20N4O4/c1-3-4-7-22-17(20-11-18(22)23(26)27)10-14-8-13-9-15(21-12(2)24)5-6-16(13)19(14)25/h5-6,9-11H,3-4,7-8H2,1-2H3,(H,21,24). The molecule has 1 aliphatic carbocycles. The van der Waals surface area contributed by atoms with Crippen molar-refractivity contribution >= 4 is 29.3 Å². The number of rotatable bonds is 6. The number of nitro groups is 1. The van der Waals surface area contributed by atoms with Gasteiger partial charge in [0.2, 0.25) is 11.7 Å². The largest absolute Gasteiger partial charge is 0.358 e. The van der Waals surface area contributed by atoms with E-state index in [2.05, 4.69) is 10.3 Å². The van der Waals surface area contributed by atoms with Crippen LogP contribution in [0.1, 0.15) is 48.4 Å². The van der Waals surface area contributed by atoms with E-state index in [1.54, 1.807) is 24.3 Å². The van der Waals surface area contributed by atoms with Gasteiger partial charge in [-0.3, -0.25) is 9.59 Å². The third-order valence-electron chi connectivity index (χ3n) is 4.43. The number of hydrogen-bond acceptors (Lipinski definition) is 5. The van der Waals surface area contributed by atoms with Crippen LogP contribution in [0.3, 0.4) is 0 Å². The lowest BCUT2D eigenvalue weighted by Crippen LogP contribution is -2.06. The lowest BCUT2D eigenvalue weighted by Gasteiger charge is -2.03. The highest BCUT2D eigenvalue weighted by Gasteiger charge is 2.27. The Bertz CT molecular complexity index is 959. The maximum atomic E-state index is 12.7. The van der Waals surface area contributed by atoms with E-state index >= 15 is 0 Å².